The Morgan fingerprint density at radius 1 is 1.12 bits per heavy atom. The Bertz CT molecular complexity index is 712. The lowest BCUT2D eigenvalue weighted by molar-refractivity contribution is -0.139. The number of hydrogen-bond donors (Lipinski definition) is 0. The summed E-state index contributed by atoms with van der Waals surface area (Å²) < 4.78 is 39.9. The normalized spacial score (nSPS) is 22.7. The first-order valence-electron chi connectivity index (χ1n) is 8.84. The van der Waals surface area contributed by atoms with Crippen LogP contribution in [0, 0.1) is 5.92 Å². The molecule has 2 fully saturated rings. The van der Waals surface area contributed by atoms with Crippen molar-refractivity contribution >= 4 is 15.7 Å². The molecule has 1 aromatic rings. The van der Waals surface area contributed by atoms with Gasteiger partial charge >= 0.3 is 0 Å². The Balaban J connectivity index is 1.63. The predicted octanol–water partition coefficient (Wildman–Crippen LogP) is 1.12. The number of amides is 1. The van der Waals surface area contributed by atoms with Gasteiger partial charge in [-0.05, 0) is 37.1 Å². The number of carbonyl (C=O) groups excluding carboxylic acids is 1. The van der Waals surface area contributed by atoms with Gasteiger partial charge in [-0.3, -0.25) is 4.79 Å². The van der Waals surface area contributed by atoms with Crippen molar-refractivity contribution < 1.29 is 27.4 Å². The van der Waals surface area contributed by atoms with E-state index in [0.717, 1.165) is 12.8 Å². The van der Waals surface area contributed by atoms with E-state index < -0.39 is 9.84 Å². The Hall–Kier alpha value is -1.64. The summed E-state index contributed by atoms with van der Waals surface area (Å²) in [6.07, 6.45) is 2.40. The molecule has 0 aromatic heterocycles. The molecule has 8 heteroatoms. The highest BCUT2D eigenvalue weighted by atomic mass is 32.2. The summed E-state index contributed by atoms with van der Waals surface area (Å²) in [5.41, 5.74) is 0. The highest BCUT2D eigenvalue weighted by Gasteiger charge is 2.30. The second-order valence-electron chi connectivity index (χ2n) is 6.73. The molecule has 2 aliphatic heterocycles. The monoisotopic (exact) mass is 383 g/mol. The third-order valence-corrected chi connectivity index (χ3v) is 5.80. The standard InChI is InChI=1S/C18H25NO6S/c1-26(21,22)17-4-2-15(3-5-17)25-16-12-19(8-11-24-13-16)18(20)14-6-9-23-10-7-14/h2-5,14,16H,6-13H2,1H3/t16-/m1/s1. The molecular formula is C18H25NO6S. The fraction of sp³-hybridized carbons (Fsp3) is 0.611. The van der Waals surface area contributed by atoms with Gasteiger partial charge in [0.15, 0.2) is 9.84 Å². The van der Waals surface area contributed by atoms with E-state index in [4.69, 9.17) is 14.2 Å². The second-order valence-corrected chi connectivity index (χ2v) is 8.74. The van der Waals surface area contributed by atoms with Crippen LogP contribution in [0.2, 0.25) is 0 Å². The summed E-state index contributed by atoms with van der Waals surface area (Å²) >= 11 is 0. The highest BCUT2D eigenvalue weighted by Crippen LogP contribution is 2.21. The molecule has 0 saturated carbocycles. The molecule has 26 heavy (non-hydrogen) atoms. The van der Waals surface area contributed by atoms with Crippen molar-refractivity contribution in [3.63, 3.8) is 0 Å². The van der Waals surface area contributed by atoms with Gasteiger partial charge in [-0.25, -0.2) is 8.42 Å². The number of hydrogen-bond acceptors (Lipinski definition) is 6. The van der Waals surface area contributed by atoms with E-state index in [1.165, 1.54) is 18.4 Å². The van der Waals surface area contributed by atoms with E-state index in [0.29, 0.717) is 45.3 Å². The van der Waals surface area contributed by atoms with Gasteiger partial charge in [0.05, 0.1) is 24.7 Å². The first-order chi connectivity index (χ1) is 12.4. The van der Waals surface area contributed by atoms with Crippen LogP contribution in [0.25, 0.3) is 0 Å². The summed E-state index contributed by atoms with van der Waals surface area (Å²) in [5.74, 6) is 0.711. The number of sulfone groups is 1. The third-order valence-electron chi connectivity index (χ3n) is 4.67. The van der Waals surface area contributed by atoms with Gasteiger partial charge in [-0.1, -0.05) is 0 Å². The lowest BCUT2D eigenvalue weighted by Gasteiger charge is -2.29. The summed E-state index contributed by atoms with van der Waals surface area (Å²) in [7, 11) is -3.23. The fourth-order valence-corrected chi connectivity index (χ4v) is 3.84. The molecule has 0 N–H and O–H groups in total. The number of benzene rings is 1. The average Bonchev–Trinajstić information content (AvgIpc) is 2.87. The maximum absolute atomic E-state index is 12.8. The Morgan fingerprint density at radius 2 is 1.81 bits per heavy atom. The van der Waals surface area contributed by atoms with Crippen LogP contribution < -0.4 is 4.74 Å². The zero-order valence-corrected chi connectivity index (χ0v) is 15.7. The lowest BCUT2D eigenvalue weighted by atomic mass is 9.98. The van der Waals surface area contributed by atoms with Gasteiger partial charge in [-0.2, -0.15) is 0 Å². The topological polar surface area (TPSA) is 82.1 Å². The summed E-state index contributed by atoms with van der Waals surface area (Å²) in [6, 6.07) is 6.30. The maximum atomic E-state index is 12.8. The zero-order chi connectivity index (χ0) is 18.6. The van der Waals surface area contributed by atoms with Gasteiger partial charge in [0.1, 0.15) is 11.9 Å². The van der Waals surface area contributed by atoms with Crippen LogP contribution in [0.5, 0.6) is 5.75 Å². The third kappa shape index (κ3) is 4.96. The first-order valence-corrected chi connectivity index (χ1v) is 10.7. The van der Waals surface area contributed by atoms with E-state index in [1.54, 1.807) is 12.1 Å². The van der Waals surface area contributed by atoms with Crippen LogP contribution in [0.3, 0.4) is 0 Å². The molecule has 7 nitrogen and oxygen atoms in total. The minimum absolute atomic E-state index is 0.0107. The molecule has 1 aromatic carbocycles. The van der Waals surface area contributed by atoms with Crippen molar-refractivity contribution in [2.24, 2.45) is 5.92 Å². The highest BCUT2D eigenvalue weighted by molar-refractivity contribution is 7.90. The van der Waals surface area contributed by atoms with Crippen LogP contribution in [0.1, 0.15) is 12.8 Å². The minimum atomic E-state index is -3.23. The molecule has 2 aliphatic rings. The smallest absolute Gasteiger partial charge is 0.226 e. The summed E-state index contributed by atoms with van der Waals surface area (Å²) in [4.78, 5) is 14.8. The van der Waals surface area contributed by atoms with Gasteiger partial charge in [0.2, 0.25) is 5.91 Å². The van der Waals surface area contributed by atoms with Gasteiger partial charge in [-0.15, -0.1) is 0 Å². The van der Waals surface area contributed by atoms with Crippen molar-refractivity contribution in [3.8, 4) is 5.75 Å². The van der Waals surface area contributed by atoms with Crippen molar-refractivity contribution in [2.75, 3.05) is 45.8 Å². The Morgan fingerprint density at radius 3 is 2.46 bits per heavy atom. The SMILES string of the molecule is CS(=O)(=O)c1ccc(O[C@H]2COCCN(C(=O)C3CCOCC3)C2)cc1. The largest absolute Gasteiger partial charge is 0.486 e. The molecule has 0 unspecified atom stereocenters. The van der Waals surface area contributed by atoms with Crippen molar-refractivity contribution in [2.45, 2.75) is 23.8 Å². The van der Waals surface area contributed by atoms with E-state index >= 15 is 0 Å². The van der Waals surface area contributed by atoms with E-state index in [1.807, 2.05) is 4.90 Å². The zero-order valence-electron chi connectivity index (χ0n) is 14.9. The second kappa shape index (κ2) is 8.37. The summed E-state index contributed by atoms with van der Waals surface area (Å²) in [6.45, 7) is 3.17. The van der Waals surface area contributed by atoms with E-state index in [9.17, 15) is 13.2 Å². The van der Waals surface area contributed by atoms with E-state index in [-0.39, 0.29) is 22.8 Å². The molecule has 2 heterocycles. The van der Waals surface area contributed by atoms with Gasteiger partial charge in [0.25, 0.3) is 0 Å². The van der Waals surface area contributed by atoms with Crippen LogP contribution in [-0.4, -0.2) is 71.1 Å². The average molecular weight is 383 g/mol. The van der Waals surface area contributed by atoms with Crippen LogP contribution in [0.4, 0.5) is 0 Å². The molecule has 1 amide bonds. The van der Waals surface area contributed by atoms with Crippen molar-refractivity contribution in [3.05, 3.63) is 24.3 Å². The van der Waals surface area contributed by atoms with Crippen LogP contribution in [0.15, 0.2) is 29.2 Å². The predicted molar refractivity (Wildman–Crippen MR) is 94.9 cm³/mol. The van der Waals surface area contributed by atoms with Gasteiger partial charge in [0, 0.05) is 31.9 Å². The maximum Gasteiger partial charge on any atom is 0.226 e. The molecule has 144 valence electrons. The quantitative estimate of drug-likeness (QED) is 0.775. The van der Waals surface area contributed by atoms with E-state index in [2.05, 4.69) is 0 Å². The van der Waals surface area contributed by atoms with Gasteiger partial charge < -0.3 is 19.1 Å². The number of ether oxygens (including phenoxy) is 3. The van der Waals surface area contributed by atoms with Crippen molar-refractivity contribution in [1.29, 1.82) is 0 Å². The molecule has 0 spiro atoms. The fourth-order valence-electron chi connectivity index (χ4n) is 3.21. The Kier molecular flexibility index (Phi) is 6.16. The van der Waals surface area contributed by atoms with Crippen LogP contribution in [-0.2, 0) is 24.1 Å². The number of nitrogens with zero attached hydrogens (tertiary/aromatic N) is 1. The first kappa shape index (κ1) is 19.1. The molecule has 0 aliphatic carbocycles. The lowest BCUT2D eigenvalue weighted by Crippen LogP contribution is -2.44. The number of rotatable bonds is 4. The van der Waals surface area contributed by atoms with Crippen molar-refractivity contribution in [1.82, 2.24) is 4.90 Å². The molecule has 0 radical (unpaired) electrons. The van der Waals surface area contributed by atoms with Crippen LogP contribution >= 0.6 is 0 Å². The molecule has 0 bridgehead atoms. The molecule has 1 atom stereocenters. The molecular weight excluding hydrogens is 358 g/mol. The summed E-state index contributed by atoms with van der Waals surface area (Å²) in [5, 5.41) is 0. The molecule has 3 rings (SSSR count). The Labute approximate surface area is 154 Å². The minimum Gasteiger partial charge on any atom is -0.486 e. The molecule has 2 saturated heterocycles. The number of carbonyl (C=O) groups is 1.